The van der Waals surface area contributed by atoms with Crippen LogP contribution in [-0.4, -0.2) is 48.0 Å². The number of hydrogen-bond acceptors (Lipinski definition) is 5. The van der Waals surface area contributed by atoms with Gasteiger partial charge in [-0.05, 0) is 57.6 Å². The average Bonchev–Trinajstić information content (AvgIpc) is 3.56. The Morgan fingerprint density at radius 2 is 1.91 bits per heavy atom. The van der Waals surface area contributed by atoms with E-state index in [-0.39, 0.29) is 34.9 Å². The van der Waals surface area contributed by atoms with Crippen LogP contribution in [0.4, 0.5) is 0 Å². The van der Waals surface area contributed by atoms with Gasteiger partial charge in [-0.15, -0.1) is 0 Å². The molecule has 1 amide bonds. The maximum atomic E-state index is 13.4. The van der Waals surface area contributed by atoms with Crippen molar-refractivity contribution < 1.29 is 17.9 Å². The molecule has 1 aliphatic carbocycles. The fourth-order valence-corrected chi connectivity index (χ4v) is 6.91. The zero-order valence-corrected chi connectivity index (χ0v) is 21.4. The van der Waals surface area contributed by atoms with E-state index in [0.29, 0.717) is 13.1 Å². The number of rotatable bonds is 9. The van der Waals surface area contributed by atoms with Gasteiger partial charge in [-0.1, -0.05) is 37.1 Å². The number of nitrogens with zero attached hydrogens (tertiary/aromatic N) is 3. The first kappa shape index (κ1) is 24.9. The predicted molar refractivity (Wildman–Crippen MR) is 131 cm³/mol. The molecule has 2 fully saturated rings. The highest BCUT2D eigenvalue weighted by molar-refractivity contribution is 7.90. The Kier molecular flexibility index (Phi) is 7.77. The van der Waals surface area contributed by atoms with Crippen LogP contribution >= 0.6 is 0 Å². The number of hydrogen-bond donors (Lipinski definition) is 0. The Morgan fingerprint density at radius 3 is 2.56 bits per heavy atom. The zero-order chi connectivity index (χ0) is 24.3. The first-order valence-electron chi connectivity index (χ1n) is 12.5. The summed E-state index contributed by atoms with van der Waals surface area (Å²) in [5, 5.41) is 0.0751. The van der Waals surface area contributed by atoms with Gasteiger partial charge in [0.2, 0.25) is 20.9 Å². The van der Waals surface area contributed by atoms with Crippen LogP contribution in [0.3, 0.4) is 0 Å². The summed E-state index contributed by atoms with van der Waals surface area (Å²) in [6.45, 7) is 7.47. The molecule has 0 bridgehead atoms. The number of ether oxygens (including phenoxy) is 1. The van der Waals surface area contributed by atoms with E-state index >= 15 is 0 Å². The summed E-state index contributed by atoms with van der Waals surface area (Å²) in [7, 11) is -3.66. The fraction of sp³-hybridized carbons (Fsp3) is 0.615. The van der Waals surface area contributed by atoms with Crippen LogP contribution in [0.25, 0.3) is 0 Å². The lowest BCUT2D eigenvalue weighted by atomic mass is 10.1. The summed E-state index contributed by atoms with van der Waals surface area (Å²) in [5.41, 5.74) is 2.47. The van der Waals surface area contributed by atoms with Gasteiger partial charge in [-0.2, -0.15) is 0 Å². The van der Waals surface area contributed by atoms with E-state index in [1.165, 1.54) is 0 Å². The number of carbonyl (C=O) groups is 1. The predicted octanol–water partition coefficient (Wildman–Crippen LogP) is 4.44. The van der Waals surface area contributed by atoms with E-state index in [2.05, 4.69) is 4.98 Å². The number of sulfone groups is 1. The molecular formula is C26H37N3O4S. The molecule has 2 heterocycles. The minimum absolute atomic E-state index is 0.0463. The number of benzene rings is 1. The molecule has 0 spiro atoms. The highest BCUT2D eigenvalue weighted by Crippen LogP contribution is 2.29. The normalized spacial score (nSPS) is 19.2. The van der Waals surface area contributed by atoms with Gasteiger partial charge in [-0.3, -0.25) is 4.79 Å². The molecule has 2 aromatic rings. The lowest BCUT2D eigenvalue weighted by Gasteiger charge is -2.29. The van der Waals surface area contributed by atoms with Gasteiger partial charge in [0, 0.05) is 25.1 Å². The third-order valence-corrected chi connectivity index (χ3v) is 8.61. The Labute approximate surface area is 203 Å². The van der Waals surface area contributed by atoms with E-state index in [0.717, 1.165) is 62.0 Å². The molecule has 186 valence electrons. The first-order valence-corrected chi connectivity index (χ1v) is 14.1. The second-order valence-corrected chi connectivity index (χ2v) is 11.9. The molecule has 8 heteroatoms. The van der Waals surface area contributed by atoms with Crippen LogP contribution in [0.5, 0.6) is 0 Å². The van der Waals surface area contributed by atoms with E-state index in [4.69, 9.17) is 4.74 Å². The van der Waals surface area contributed by atoms with Gasteiger partial charge < -0.3 is 14.2 Å². The van der Waals surface area contributed by atoms with Crippen LogP contribution in [-0.2, 0) is 31.7 Å². The van der Waals surface area contributed by atoms with E-state index in [9.17, 15) is 13.2 Å². The Hall–Kier alpha value is -2.19. The van der Waals surface area contributed by atoms with Crippen molar-refractivity contribution in [1.29, 1.82) is 0 Å². The second kappa shape index (κ2) is 10.6. The summed E-state index contributed by atoms with van der Waals surface area (Å²) in [6.07, 6.45) is 7.70. The number of imidazole rings is 1. The Morgan fingerprint density at radius 1 is 1.18 bits per heavy atom. The lowest BCUT2D eigenvalue weighted by molar-refractivity contribution is -0.137. The van der Waals surface area contributed by atoms with Crippen molar-refractivity contribution in [2.24, 2.45) is 5.92 Å². The summed E-state index contributed by atoms with van der Waals surface area (Å²) < 4.78 is 34.5. The van der Waals surface area contributed by atoms with E-state index in [1.807, 2.05) is 49.9 Å². The molecule has 4 rings (SSSR count). The number of carbonyl (C=O) groups excluding carboxylic acids is 1. The molecule has 1 aromatic carbocycles. The summed E-state index contributed by atoms with van der Waals surface area (Å²) in [4.78, 5) is 19.7. The van der Waals surface area contributed by atoms with Crippen LogP contribution in [0, 0.1) is 12.8 Å². The van der Waals surface area contributed by atoms with Crippen LogP contribution < -0.4 is 0 Å². The highest BCUT2D eigenvalue weighted by atomic mass is 32.2. The molecule has 1 unspecified atom stereocenters. The fourth-order valence-electron chi connectivity index (χ4n) is 5.21. The molecule has 34 heavy (non-hydrogen) atoms. The van der Waals surface area contributed by atoms with Gasteiger partial charge in [-0.25, -0.2) is 13.4 Å². The van der Waals surface area contributed by atoms with Crippen molar-refractivity contribution in [3.63, 3.8) is 0 Å². The molecule has 1 saturated carbocycles. The van der Waals surface area contributed by atoms with Crippen molar-refractivity contribution in [1.82, 2.24) is 14.5 Å². The molecule has 0 radical (unpaired) electrons. The number of aryl methyl sites for hydroxylation is 1. The summed E-state index contributed by atoms with van der Waals surface area (Å²) in [6, 6.07) is 7.42. The van der Waals surface area contributed by atoms with Crippen LogP contribution in [0.15, 0.2) is 35.6 Å². The van der Waals surface area contributed by atoms with Crippen molar-refractivity contribution in [2.75, 3.05) is 13.2 Å². The molecular weight excluding hydrogens is 450 g/mol. The van der Waals surface area contributed by atoms with Gasteiger partial charge in [0.15, 0.2) is 0 Å². The van der Waals surface area contributed by atoms with Gasteiger partial charge in [0.05, 0.1) is 30.3 Å². The minimum atomic E-state index is -3.66. The quantitative estimate of drug-likeness (QED) is 0.522. The molecule has 1 saturated heterocycles. The number of amides is 1. The average molecular weight is 488 g/mol. The largest absolute Gasteiger partial charge is 0.376 e. The standard InChI is InChI=1S/C26H37N3O4S/c1-19(2)29-23(15-27-26(29)34(31,32)18-22-12-5-4-9-20(22)3)16-28(17-24-13-8-14-33-24)25(30)21-10-6-7-11-21/h4-5,9,12,15,19,21,24H,6-8,10-11,13-14,16-18H2,1-3H3. The zero-order valence-electron chi connectivity index (χ0n) is 20.6. The smallest absolute Gasteiger partial charge is 0.228 e. The maximum absolute atomic E-state index is 13.4. The summed E-state index contributed by atoms with van der Waals surface area (Å²) >= 11 is 0. The summed E-state index contributed by atoms with van der Waals surface area (Å²) in [5.74, 6) is 0.124. The topological polar surface area (TPSA) is 81.5 Å². The third-order valence-electron chi connectivity index (χ3n) is 7.06. The maximum Gasteiger partial charge on any atom is 0.228 e. The van der Waals surface area contributed by atoms with Gasteiger partial charge >= 0.3 is 0 Å². The molecule has 0 N–H and O–H groups in total. The molecule has 1 aliphatic heterocycles. The van der Waals surface area contributed by atoms with Gasteiger partial charge in [0.1, 0.15) is 0 Å². The number of aromatic nitrogens is 2. The first-order chi connectivity index (χ1) is 16.3. The lowest BCUT2D eigenvalue weighted by Crippen LogP contribution is -2.40. The van der Waals surface area contributed by atoms with Crippen molar-refractivity contribution >= 4 is 15.7 Å². The third kappa shape index (κ3) is 5.54. The van der Waals surface area contributed by atoms with Crippen molar-refractivity contribution in [2.45, 2.75) is 88.9 Å². The molecule has 1 aromatic heterocycles. The molecule has 7 nitrogen and oxygen atoms in total. The second-order valence-electron chi connectivity index (χ2n) is 10.0. The molecule has 1 atom stereocenters. The highest BCUT2D eigenvalue weighted by Gasteiger charge is 2.32. The Bertz CT molecular complexity index is 1100. The van der Waals surface area contributed by atoms with E-state index < -0.39 is 9.84 Å². The van der Waals surface area contributed by atoms with Crippen molar-refractivity contribution in [3.8, 4) is 0 Å². The van der Waals surface area contributed by atoms with Crippen LogP contribution in [0.2, 0.25) is 0 Å². The molecule has 2 aliphatic rings. The van der Waals surface area contributed by atoms with Gasteiger partial charge in [0.25, 0.3) is 0 Å². The Balaban J connectivity index is 1.62. The SMILES string of the molecule is Cc1ccccc1CS(=O)(=O)c1ncc(CN(CC2CCCO2)C(=O)C2CCCC2)n1C(C)C. The van der Waals surface area contributed by atoms with E-state index in [1.54, 1.807) is 10.8 Å². The monoisotopic (exact) mass is 487 g/mol. The van der Waals surface area contributed by atoms with Crippen LogP contribution in [0.1, 0.15) is 75.2 Å². The van der Waals surface area contributed by atoms with Crippen molar-refractivity contribution in [3.05, 3.63) is 47.3 Å². The minimum Gasteiger partial charge on any atom is -0.376 e.